The number of carbonyl (C=O) groups excluding carboxylic acids is 1. The Morgan fingerprint density at radius 1 is 1.50 bits per heavy atom. The molecule has 0 bridgehead atoms. The molecule has 1 aromatic rings. The molecule has 0 unspecified atom stereocenters. The van der Waals surface area contributed by atoms with Gasteiger partial charge in [0, 0.05) is 24.2 Å². The maximum absolute atomic E-state index is 11.4. The number of rotatable bonds is 6. The minimum atomic E-state index is -0.337. The van der Waals surface area contributed by atoms with Gasteiger partial charge >= 0.3 is 5.97 Å². The Hall–Kier alpha value is -0.910. The minimum Gasteiger partial charge on any atom is -0.465 e. The van der Waals surface area contributed by atoms with Gasteiger partial charge in [-0.3, -0.25) is 0 Å². The summed E-state index contributed by atoms with van der Waals surface area (Å²) in [6.45, 7) is 1.80. The lowest BCUT2D eigenvalue weighted by Gasteiger charge is -2.17. The largest absolute Gasteiger partial charge is 0.465 e. The molecule has 0 aliphatic carbocycles. The lowest BCUT2D eigenvalue weighted by molar-refractivity contribution is 0.0600. The van der Waals surface area contributed by atoms with Crippen LogP contribution in [0.4, 0.5) is 0 Å². The first-order valence-electron chi connectivity index (χ1n) is 5.74. The second-order valence-electron chi connectivity index (χ2n) is 4.11. The monoisotopic (exact) mass is 315 g/mol. The van der Waals surface area contributed by atoms with E-state index >= 15 is 0 Å². The lowest BCUT2D eigenvalue weighted by Crippen LogP contribution is -2.20. The molecule has 5 heteroatoms. The fraction of sp³-hybridized carbons (Fsp3) is 0.462. The molecule has 0 atom stereocenters. The molecule has 0 fully saturated rings. The molecule has 0 aliphatic rings. The number of aliphatic hydroxyl groups is 1. The van der Waals surface area contributed by atoms with Crippen LogP contribution in [0.5, 0.6) is 0 Å². The standard InChI is InChI=1S/C13H18BrNO3/c1-15(6-3-7-16)9-11-5-4-10(8-12(11)14)13(17)18-2/h4-5,8,16H,3,6-7,9H2,1-2H3. The Kier molecular flexibility index (Phi) is 6.32. The third-order valence-electron chi connectivity index (χ3n) is 2.61. The highest BCUT2D eigenvalue weighted by molar-refractivity contribution is 9.10. The average molecular weight is 316 g/mol. The second kappa shape index (κ2) is 7.51. The summed E-state index contributed by atoms with van der Waals surface area (Å²) in [6.07, 6.45) is 0.758. The highest BCUT2D eigenvalue weighted by atomic mass is 79.9. The molecule has 0 saturated carbocycles. The number of halogens is 1. The number of carbonyl (C=O) groups is 1. The van der Waals surface area contributed by atoms with E-state index in [0.717, 1.165) is 29.5 Å². The summed E-state index contributed by atoms with van der Waals surface area (Å²) < 4.78 is 5.56. The Morgan fingerprint density at radius 2 is 2.22 bits per heavy atom. The predicted octanol–water partition coefficient (Wildman–Crippen LogP) is 2.05. The normalized spacial score (nSPS) is 10.7. The molecule has 1 rings (SSSR count). The molecule has 100 valence electrons. The van der Waals surface area contributed by atoms with Crippen LogP contribution in [0.25, 0.3) is 0 Å². The molecule has 0 saturated heterocycles. The average Bonchev–Trinajstić information content (AvgIpc) is 2.37. The van der Waals surface area contributed by atoms with Crippen molar-refractivity contribution in [2.45, 2.75) is 13.0 Å². The first-order chi connectivity index (χ1) is 8.58. The summed E-state index contributed by atoms with van der Waals surface area (Å²) in [5.74, 6) is -0.337. The molecule has 0 amide bonds. The zero-order valence-corrected chi connectivity index (χ0v) is 12.2. The molecule has 0 radical (unpaired) electrons. The van der Waals surface area contributed by atoms with Crippen LogP contribution in [0.15, 0.2) is 22.7 Å². The summed E-state index contributed by atoms with van der Waals surface area (Å²) in [5.41, 5.74) is 1.63. The van der Waals surface area contributed by atoms with Gasteiger partial charge in [0.25, 0.3) is 0 Å². The number of aliphatic hydroxyl groups excluding tert-OH is 1. The molecule has 4 nitrogen and oxygen atoms in total. The van der Waals surface area contributed by atoms with Gasteiger partial charge in [-0.2, -0.15) is 0 Å². The molecule has 1 N–H and O–H groups in total. The van der Waals surface area contributed by atoms with E-state index in [-0.39, 0.29) is 12.6 Å². The van der Waals surface area contributed by atoms with Gasteiger partial charge in [-0.25, -0.2) is 4.79 Å². The number of esters is 1. The van der Waals surface area contributed by atoms with Gasteiger partial charge in [0.1, 0.15) is 0 Å². The van der Waals surface area contributed by atoms with Crippen LogP contribution >= 0.6 is 15.9 Å². The van der Waals surface area contributed by atoms with Gasteiger partial charge in [-0.15, -0.1) is 0 Å². The molecule has 0 heterocycles. The smallest absolute Gasteiger partial charge is 0.337 e. The SMILES string of the molecule is COC(=O)c1ccc(CN(C)CCCO)c(Br)c1. The van der Waals surface area contributed by atoms with Crippen LogP contribution in [0.2, 0.25) is 0 Å². The first kappa shape index (κ1) is 15.1. The van der Waals surface area contributed by atoms with Crippen molar-refractivity contribution in [3.63, 3.8) is 0 Å². The van der Waals surface area contributed by atoms with Crippen LogP contribution in [0, 0.1) is 0 Å². The van der Waals surface area contributed by atoms with Gasteiger partial charge < -0.3 is 14.7 Å². The van der Waals surface area contributed by atoms with Gasteiger partial charge in [-0.05, 0) is 31.2 Å². The van der Waals surface area contributed by atoms with Gasteiger partial charge in [0.05, 0.1) is 12.7 Å². The molecule has 1 aromatic carbocycles. The summed E-state index contributed by atoms with van der Waals surface area (Å²) in [7, 11) is 3.36. The summed E-state index contributed by atoms with van der Waals surface area (Å²) in [4.78, 5) is 13.5. The minimum absolute atomic E-state index is 0.201. The molecule has 0 spiro atoms. The van der Waals surface area contributed by atoms with Crippen LogP contribution in [-0.4, -0.2) is 43.3 Å². The third kappa shape index (κ3) is 4.40. The number of ether oxygens (including phenoxy) is 1. The zero-order valence-electron chi connectivity index (χ0n) is 10.6. The van der Waals surface area contributed by atoms with E-state index < -0.39 is 0 Å². The van der Waals surface area contributed by atoms with E-state index in [4.69, 9.17) is 5.11 Å². The molecular weight excluding hydrogens is 298 g/mol. The highest BCUT2D eigenvalue weighted by Gasteiger charge is 2.09. The van der Waals surface area contributed by atoms with E-state index in [2.05, 4.69) is 25.6 Å². The summed E-state index contributed by atoms with van der Waals surface area (Å²) in [6, 6.07) is 5.43. The fourth-order valence-electron chi connectivity index (χ4n) is 1.63. The maximum atomic E-state index is 11.4. The van der Waals surface area contributed by atoms with Crippen molar-refractivity contribution in [1.29, 1.82) is 0 Å². The Bertz CT molecular complexity index is 409. The van der Waals surface area contributed by atoms with Gasteiger partial charge in [0.2, 0.25) is 0 Å². The molecule has 0 aromatic heterocycles. The third-order valence-corrected chi connectivity index (χ3v) is 3.35. The van der Waals surface area contributed by atoms with Crippen molar-refractivity contribution >= 4 is 21.9 Å². The number of methoxy groups -OCH3 is 1. The van der Waals surface area contributed by atoms with Gasteiger partial charge in [-0.1, -0.05) is 22.0 Å². The molecule has 18 heavy (non-hydrogen) atoms. The maximum Gasteiger partial charge on any atom is 0.337 e. The number of hydrogen-bond acceptors (Lipinski definition) is 4. The van der Waals surface area contributed by atoms with Crippen molar-refractivity contribution < 1.29 is 14.6 Å². The van der Waals surface area contributed by atoms with Crippen LogP contribution in [0.1, 0.15) is 22.3 Å². The van der Waals surface area contributed by atoms with Gasteiger partial charge in [0.15, 0.2) is 0 Å². The van der Waals surface area contributed by atoms with Crippen molar-refractivity contribution in [3.05, 3.63) is 33.8 Å². The number of hydrogen-bond donors (Lipinski definition) is 1. The Labute approximate surface area is 116 Å². The zero-order chi connectivity index (χ0) is 13.5. The topological polar surface area (TPSA) is 49.8 Å². The quantitative estimate of drug-likeness (QED) is 0.816. The molecular formula is C13H18BrNO3. The second-order valence-corrected chi connectivity index (χ2v) is 4.97. The van der Waals surface area contributed by atoms with Crippen molar-refractivity contribution in [3.8, 4) is 0 Å². The van der Waals surface area contributed by atoms with Crippen LogP contribution in [0.3, 0.4) is 0 Å². The van der Waals surface area contributed by atoms with E-state index in [1.54, 1.807) is 12.1 Å². The Morgan fingerprint density at radius 3 is 2.78 bits per heavy atom. The van der Waals surface area contributed by atoms with Crippen molar-refractivity contribution in [1.82, 2.24) is 4.90 Å². The number of benzene rings is 1. The fourth-order valence-corrected chi connectivity index (χ4v) is 2.14. The van der Waals surface area contributed by atoms with E-state index in [0.29, 0.717) is 5.56 Å². The van der Waals surface area contributed by atoms with Crippen LogP contribution in [-0.2, 0) is 11.3 Å². The van der Waals surface area contributed by atoms with Crippen LogP contribution < -0.4 is 0 Å². The summed E-state index contributed by atoms with van der Waals surface area (Å²) in [5, 5.41) is 8.77. The predicted molar refractivity (Wildman–Crippen MR) is 73.5 cm³/mol. The number of nitrogens with zero attached hydrogens (tertiary/aromatic N) is 1. The van der Waals surface area contributed by atoms with E-state index in [1.807, 2.05) is 13.1 Å². The van der Waals surface area contributed by atoms with Crippen molar-refractivity contribution in [2.24, 2.45) is 0 Å². The highest BCUT2D eigenvalue weighted by Crippen LogP contribution is 2.20. The Balaban J connectivity index is 2.70. The first-order valence-corrected chi connectivity index (χ1v) is 6.54. The molecule has 0 aliphatic heterocycles. The van der Waals surface area contributed by atoms with E-state index in [1.165, 1.54) is 7.11 Å². The van der Waals surface area contributed by atoms with Crippen molar-refractivity contribution in [2.75, 3.05) is 27.3 Å². The lowest BCUT2D eigenvalue weighted by atomic mass is 10.1. The summed E-state index contributed by atoms with van der Waals surface area (Å²) >= 11 is 3.46. The van der Waals surface area contributed by atoms with E-state index in [9.17, 15) is 4.79 Å².